The summed E-state index contributed by atoms with van der Waals surface area (Å²) >= 11 is 0. The fourth-order valence-corrected chi connectivity index (χ4v) is 2.71. The molecule has 0 aromatic heterocycles. The Balaban J connectivity index is 2.11. The van der Waals surface area contributed by atoms with Crippen molar-refractivity contribution in [1.82, 2.24) is 4.90 Å². The second kappa shape index (κ2) is 4.88. The summed E-state index contributed by atoms with van der Waals surface area (Å²) in [6.45, 7) is 5.97. The number of nitrogens with two attached hydrogens (primary N) is 1. The standard InChI is InChI=1S/C14H20N2O/c1-10-4-3-5-12(8-10)9-16-7-6-11(2)13(16)14(15)17/h3-5,8,11,13H,6-7,9H2,1-2H3,(H2,15,17). The summed E-state index contributed by atoms with van der Waals surface area (Å²) in [7, 11) is 0. The summed E-state index contributed by atoms with van der Waals surface area (Å²) in [5.41, 5.74) is 7.99. The fourth-order valence-electron chi connectivity index (χ4n) is 2.71. The molecular formula is C14H20N2O. The normalized spacial score (nSPS) is 25.1. The van der Waals surface area contributed by atoms with E-state index in [0.29, 0.717) is 5.92 Å². The van der Waals surface area contributed by atoms with Crippen LogP contribution in [-0.2, 0) is 11.3 Å². The molecule has 1 aliphatic heterocycles. The van der Waals surface area contributed by atoms with Gasteiger partial charge in [-0.3, -0.25) is 9.69 Å². The van der Waals surface area contributed by atoms with Gasteiger partial charge in [-0.05, 0) is 31.4 Å². The lowest BCUT2D eigenvalue weighted by molar-refractivity contribution is -0.123. The molecule has 3 heteroatoms. The van der Waals surface area contributed by atoms with Crippen molar-refractivity contribution in [3.8, 4) is 0 Å². The van der Waals surface area contributed by atoms with Gasteiger partial charge in [0, 0.05) is 6.54 Å². The van der Waals surface area contributed by atoms with E-state index in [0.717, 1.165) is 19.5 Å². The third-order valence-corrected chi connectivity index (χ3v) is 3.56. The monoisotopic (exact) mass is 232 g/mol. The van der Waals surface area contributed by atoms with Gasteiger partial charge in [0.1, 0.15) is 0 Å². The predicted molar refractivity (Wildman–Crippen MR) is 68.4 cm³/mol. The largest absolute Gasteiger partial charge is 0.368 e. The maximum Gasteiger partial charge on any atom is 0.235 e. The van der Waals surface area contributed by atoms with E-state index >= 15 is 0 Å². The summed E-state index contributed by atoms with van der Waals surface area (Å²) in [6.07, 6.45) is 1.05. The highest BCUT2D eigenvalue weighted by Crippen LogP contribution is 2.25. The zero-order valence-corrected chi connectivity index (χ0v) is 10.5. The molecule has 0 saturated carbocycles. The number of aryl methyl sites for hydroxylation is 1. The van der Waals surface area contributed by atoms with Crippen LogP contribution in [0.25, 0.3) is 0 Å². The highest BCUT2D eigenvalue weighted by Gasteiger charge is 2.34. The smallest absolute Gasteiger partial charge is 0.235 e. The first kappa shape index (κ1) is 12.1. The Morgan fingerprint density at radius 1 is 1.53 bits per heavy atom. The van der Waals surface area contributed by atoms with Crippen molar-refractivity contribution in [2.45, 2.75) is 32.9 Å². The zero-order chi connectivity index (χ0) is 12.4. The maximum absolute atomic E-state index is 11.5. The topological polar surface area (TPSA) is 46.3 Å². The SMILES string of the molecule is Cc1cccc(CN2CCC(C)C2C(N)=O)c1. The van der Waals surface area contributed by atoms with Crippen molar-refractivity contribution >= 4 is 5.91 Å². The van der Waals surface area contributed by atoms with E-state index in [9.17, 15) is 4.79 Å². The zero-order valence-electron chi connectivity index (χ0n) is 10.5. The van der Waals surface area contributed by atoms with Gasteiger partial charge in [0.25, 0.3) is 0 Å². The number of hydrogen-bond donors (Lipinski definition) is 1. The number of amides is 1. The summed E-state index contributed by atoms with van der Waals surface area (Å²) in [6, 6.07) is 8.32. The van der Waals surface area contributed by atoms with Gasteiger partial charge in [0.05, 0.1) is 6.04 Å². The molecule has 2 rings (SSSR count). The third kappa shape index (κ3) is 2.67. The molecule has 1 aromatic carbocycles. The Bertz CT molecular complexity index is 416. The molecule has 0 radical (unpaired) electrons. The molecule has 1 aromatic rings. The van der Waals surface area contributed by atoms with E-state index in [2.05, 4.69) is 43.0 Å². The van der Waals surface area contributed by atoms with Crippen LogP contribution in [0, 0.1) is 12.8 Å². The van der Waals surface area contributed by atoms with Gasteiger partial charge in [-0.1, -0.05) is 36.8 Å². The molecular weight excluding hydrogens is 212 g/mol. The van der Waals surface area contributed by atoms with Gasteiger partial charge < -0.3 is 5.73 Å². The van der Waals surface area contributed by atoms with Crippen LogP contribution in [0.1, 0.15) is 24.5 Å². The predicted octanol–water partition coefficient (Wildman–Crippen LogP) is 1.69. The highest BCUT2D eigenvalue weighted by molar-refractivity contribution is 5.80. The average molecular weight is 232 g/mol. The second-order valence-corrected chi connectivity index (χ2v) is 5.07. The van der Waals surface area contributed by atoms with E-state index in [1.807, 2.05) is 0 Å². The van der Waals surface area contributed by atoms with E-state index in [1.54, 1.807) is 0 Å². The molecule has 17 heavy (non-hydrogen) atoms. The number of primary amides is 1. The number of nitrogens with zero attached hydrogens (tertiary/aromatic N) is 1. The summed E-state index contributed by atoms with van der Waals surface area (Å²) in [5, 5.41) is 0. The van der Waals surface area contributed by atoms with Crippen molar-refractivity contribution in [1.29, 1.82) is 0 Å². The molecule has 0 aliphatic carbocycles. The van der Waals surface area contributed by atoms with Crippen LogP contribution in [0.3, 0.4) is 0 Å². The van der Waals surface area contributed by atoms with Gasteiger partial charge in [-0.2, -0.15) is 0 Å². The number of hydrogen-bond acceptors (Lipinski definition) is 2. The van der Waals surface area contributed by atoms with Crippen molar-refractivity contribution in [2.75, 3.05) is 6.54 Å². The molecule has 2 atom stereocenters. The van der Waals surface area contributed by atoms with E-state index in [-0.39, 0.29) is 11.9 Å². The van der Waals surface area contributed by atoms with Crippen LogP contribution in [-0.4, -0.2) is 23.4 Å². The minimum absolute atomic E-state index is 0.101. The van der Waals surface area contributed by atoms with Crippen LogP contribution in [0.15, 0.2) is 24.3 Å². The van der Waals surface area contributed by atoms with Gasteiger partial charge in [0.15, 0.2) is 0 Å². The molecule has 1 amide bonds. The first-order valence-electron chi connectivity index (χ1n) is 6.17. The van der Waals surface area contributed by atoms with Crippen LogP contribution in [0.2, 0.25) is 0 Å². The molecule has 92 valence electrons. The van der Waals surface area contributed by atoms with Crippen LogP contribution in [0.5, 0.6) is 0 Å². The van der Waals surface area contributed by atoms with Gasteiger partial charge >= 0.3 is 0 Å². The number of benzene rings is 1. The summed E-state index contributed by atoms with van der Waals surface area (Å²) < 4.78 is 0. The summed E-state index contributed by atoms with van der Waals surface area (Å²) in [4.78, 5) is 13.7. The van der Waals surface area contributed by atoms with Gasteiger partial charge in [-0.25, -0.2) is 0 Å². The lowest BCUT2D eigenvalue weighted by atomic mass is 10.0. The first-order valence-corrected chi connectivity index (χ1v) is 6.17. The summed E-state index contributed by atoms with van der Waals surface area (Å²) in [5.74, 6) is 0.181. The quantitative estimate of drug-likeness (QED) is 0.862. The molecule has 2 unspecified atom stereocenters. The van der Waals surface area contributed by atoms with Crippen molar-refractivity contribution in [3.63, 3.8) is 0 Å². The van der Waals surface area contributed by atoms with E-state index < -0.39 is 0 Å². The lowest BCUT2D eigenvalue weighted by Crippen LogP contribution is -2.42. The minimum atomic E-state index is -0.192. The molecule has 1 saturated heterocycles. The molecule has 0 spiro atoms. The number of carbonyl (C=O) groups excluding carboxylic acids is 1. The average Bonchev–Trinajstić information content (AvgIpc) is 2.59. The Morgan fingerprint density at radius 3 is 2.94 bits per heavy atom. The van der Waals surface area contributed by atoms with Gasteiger partial charge in [0.2, 0.25) is 5.91 Å². The highest BCUT2D eigenvalue weighted by atomic mass is 16.1. The lowest BCUT2D eigenvalue weighted by Gasteiger charge is -2.24. The van der Waals surface area contributed by atoms with Crippen LogP contribution < -0.4 is 5.73 Å². The molecule has 1 heterocycles. The second-order valence-electron chi connectivity index (χ2n) is 5.07. The van der Waals surface area contributed by atoms with E-state index in [4.69, 9.17) is 5.73 Å². The van der Waals surface area contributed by atoms with Crippen LogP contribution in [0.4, 0.5) is 0 Å². The Hall–Kier alpha value is -1.35. The molecule has 1 aliphatic rings. The fraction of sp³-hybridized carbons (Fsp3) is 0.500. The molecule has 2 N–H and O–H groups in total. The van der Waals surface area contributed by atoms with Crippen molar-refractivity contribution < 1.29 is 4.79 Å². The molecule has 0 bridgehead atoms. The third-order valence-electron chi connectivity index (χ3n) is 3.56. The van der Waals surface area contributed by atoms with Crippen molar-refractivity contribution in [2.24, 2.45) is 11.7 Å². The first-order chi connectivity index (χ1) is 8.08. The molecule has 1 fully saturated rings. The Labute approximate surface area is 103 Å². The van der Waals surface area contributed by atoms with Crippen molar-refractivity contribution in [3.05, 3.63) is 35.4 Å². The van der Waals surface area contributed by atoms with E-state index in [1.165, 1.54) is 11.1 Å². The molecule has 3 nitrogen and oxygen atoms in total. The number of likely N-dealkylation sites (tertiary alicyclic amines) is 1. The Kier molecular flexibility index (Phi) is 3.48. The van der Waals surface area contributed by atoms with Gasteiger partial charge in [-0.15, -0.1) is 0 Å². The number of carbonyl (C=O) groups is 1. The maximum atomic E-state index is 11.5. The van der Waals surface area contributed by atoms with Crippen LogP contribution >= 0.6 is 0 Å². The minimum Gasteiger partial charge on any atom is -0.368 e. The Morgan fingerprint density at radius 2 is 2.29 bits per heavy atom. The number of rotatable bonds is 3.